The second kappa shape index (κ2) is 9.06. The van der Waals surface area contributed by atoms with Gasteiger partial charge in [0.05, 0.1) is 13.5 Å². The number of nitrogens with zero attached hydrogens (tertiary/aromatic N) is 1. The number of amides is 1. The highest BCUT2D eigenvalue weighted by Crippen LogP contribution is 2.24. The molecule has 1 N–H and O–H groups in total. The van der Waals surface area contributed by atoms with Crippen LogP contribution in [-0.2, 0) is 17.0 Å². The summed E-state index contributed by atoms with van der Waals surface area (Å²) in [6, 6.07) is 19.4. The Kier molecular flexibility index (Phi) is 6.28. The van der Waals surface area contributed by atoms with Gasteiger partial charge in [-0.15, -0.1) is 11.8 Å². The van der Waals surface area contributed by atoms with Crippen molar-refractivity contribution in [2.75, 3.05) is 12.4 Å². The number of nitrogens with one attached hydrogen (secondary N) is 1. The average molecular weight is 364 g/mol. The molecule has 0 saturated carbocycles. The van der Waals surface area contributed by atoms with E-state index in [1.54, 1.807) is 25.1 Å². The number of methoxy groups -OCH3 is 1. The summed E-state index contributed by atoms with van der Waals surface area (Å²) in [7, 11) is 1.62. The van der Waals surface area contributed by atoms with Gasteiger partial charge < -0.3 is 10.1 Å². The van der Waals surface area contributed by atoms with E-state index in [1.807, 2.05) is 60.8 Å². The van der Waals surface area contributed by atoms with Crippen LogP contribution in [0.15, 0.2) is 78.0 Å². The van der Waals surface area contributed by atoms with Gasteiger partial charge in [-0.1, -0.05) is 18.2 Å². The van der Waals surface area contributed by atoms with Crippen LogP contribution < -0.4 is 10.1 Å². The lowest BCUT2D eigenvalue weighted by Crippen LogP contribution is -2.14. The van der Waals surface area contributed by atoms with Crippen molar-refractivity contribution in [1.82, 2.24) is 4.98 Å². The van der Waals surface area contributed by atoms with E-state index in [0.29, 0.717) is 6.42 Å². The van der Waals surface area contributed by atoms with Gasteiger partial charge in [0.15, 0.2) is 0 Å². The summed E-state index contributed by atoms with van der Waals surface area (Å²) < 4.78 is 5.18. The zero-order chi connectivity index (χ0) is 18.2. The number of hydrogen-bond donors (Lipinski definition) is 1. The molecule has 0 aliphatic rings. The van der Waals surface area contributed by atoms with Crippen LogP contribution in [0, 0.1) is 0 Å². The molecule has 26 heavy (non-hydrogen) atoms. The minimum Gasteiger partial charge on any atom is -0.497 e. The van der Waals surface area contributed by atoms with Gasteiger partial charge >= 0.3 is 0 Å². The molecule has 0 aliphatic carbocycles. The molecule has 0 radical (unpaired) electrons. The van der Waals surface area contributed by atoms with Crippen LogP contribution >= 0.6 is 11.8 Å². The number of pyridine rings is 1. The number of thioether (sulfide) groups is 1. The maximum absolute atomic E-state index is 12.2. The van der Waals surface area contributed by atoms with Crippen LogP contribution in [0.3, 0.4) is 0 Å². The van der Waals surface area contributed by atoms with Gasteiger partial charge in [0.2, 0.25) is 5.91 Å². The van der Waals surface area contributed by atoms with E-state index in [0.717, 1.165) is 27.6 Å². The van der Waals surface area contributed by atoms with Crippen molar-refractivity contribution in [1.29, 1.82) is 0 Å². The predicted molar refractivity (Wildman–Crippen MR) is 106 cm³/mol. The molecule has 2 aromatic carbocycles. The molecule has 0 aliphatic heterocycles. The van der Waals surface area contributed by atoms with Gasteiger partial charge in [-0.3, -0.25) is 9.78 Å². The van der Waals surface area contributed by atoms with E-state index in [1.165, 1.54) is 5.56 Å². The number of aromatic nitrogens is 1. The summed E-state index contributed by atoms with van der Waals surface area (Å²) in [6.45, 7) is 0. The van der Waals surface area contributed by atoms with Crippen LogP contribution in [0.5, 0.6) is 5.75 Å². The molecule has 1 heterocycles. The van der Waals surface area contributed by atoms with Crippen molar-refractivity contribution in [3.63, 3.8) is 0 Å². The lowest BCUT2D eigenvalue weighted by Gasteiger charge is -2.08. The Morgan fingerprint density at radius 2 is 1.88 bits per heavy atom. The molecule has 132 valence electrons. The fourth-order valence-electron chi connectivity index (χ4n) is 2.46. The molecule has 3 rings (SSSR count). The van der Waals surface area contributed by atoms with Gasteiger partial charge in [0.25, 0.3) is 0 Å². The lowest BCUT2D eigenvalue weighted by atomic mass is 10.1. The topological polar surface area (TPSA) is 51.2 Å². The molecule has 0 unspecified atom stereocenters. The first-order valence-corrected chi connectivity index (χ1v) is 9.26. The fraction of sp³-hybridized carbons (Fsp3) is 0.143. The molecule has 0 atom stereocenters. The minimum atomic E-state index is -0.0472. The zero-order valence-electron chi connectivity index (χ0n) is 14.5. The molecule has 0 bridgehead atoms. The first-order chi connectivity index (χ1) is 12.7. The Balaban J connectivity index is 1.52. The summed E-state index contributed by atoms with van der Waals surface area (Å²) in [4.78, 5) is 17.5. The monoisotopic (exact) mass is 364 g/mol. The number of carbonyl (C=O) groups excluding carboxylic acids is 1. The van der Waals surface area contributed by atoms with E-state index < -0.39 is 0 Å². The number of ether oxygens (including phenoxy) is 1. The third-order valence-corrected chi connectivity index (χ3v) is 4.85. The Hall–Kier alpha value is -2.79. The largest absolute Gasteiger partial charge is 0.497 e. The van der Waals surface area contributed by atoms with Crippen LogP contribution in [0.1, 0.15) is 11.1 Å². The molecule has 4 nitrogen and oxygen atoms in total. The summed E-state index contributed by atoms with van der Waals surface area (Å²) in [5, 5.41) is 2.93. The van der Waals surface area contributed by atoms with E-state index in [-0.39, 0.29) is 5.91 Å². The molecule has 0 spiro atoms. The normalized spacial score (nSPS) is 10.3. The van der Waals surface area contributed by atoms with Crippen LogP contribution in [0.25, 0.3) is 0 Å². The maximum Gasteiger partial charge on any atom is 0.228 e. The highest BCUT2D eigenvalue weighted by molar-refractivity contribution is 7.98. The first-order valence-electron chi connectivity index (χ1n) is 8.27. The molecular weight excluding hydrogens is 344 g/mol. The third-order valence-electron chi connectivity index (χ3n) is 3.77. The molecule has 0 fully saturated rings. The molecule has 5 heteroatoms. The van der Waals surface area contributed by atoms with E-state index >= 15 is 0 Å². The van der Waals surface area contributed by atoms with Gasteiger partial charge in [-0.05, 0) is 53.6 Å². The van der Waals surface area contributed by atoms with E-state index in [4.69, 9.17) is 4.74 Å². The Morgan fingerprint density at radius 3 is 2.62 bits per heavy atom. The first kappa shape index (κ1) is 18.0. The van der Waals surface area contributed by atoms with Crippen LogP contribution in [0.4, 0.5) is 5.69 Å². The SMILES string of the molecule is COc1cccc(CC(=O)Nc2ccc(SCc3cccnc3)cc2)c1. The zero-order valence-corrected chi connectivity index (χ0v) is 15.3. The van der Waals surface area contributed by atoms with Gasteiger partial charge in [-0.2, -0.15) is 0 Å². The maximum atomic E-state index is 12.2. The molecule has 3 aromatic rings. The van der Waals surface area contributed by atoms with Gasteiger partial charge in [0.1, 0.15) is 5.75 Å². The fourth-order valence-corrected chi connectivity index (χ4v) is 3.29. The molecule has 1 aromatic heterocycles. The second-order valence-corrected chi connectivity index (χ2v) is 6.80. The quantitative estimate of drug-likeness (QED) is 0.624. The Morgan fingerprint density at radius 1 is 1.08 bits per heavy atom. The Labute approximate surface area is 157 Å². The van der Waals surface area contributed by atoms with Gasteiger partial charge in [0, 0.05) is 28.7 Å². The lowest BCUT2D eigenvalue weighted by molar-refractivity contribution is -0.115. The van der Waals surface area contributed by atoms with Crippen molar-refractivity contribution < 1.29 is 9.53 Å². The Bertz CT molecular complexity index is 851. The van der Waals surface area contributed by atoms with Crippen molar-refractivity contribution in [3.8, 4) is 5.75 Å². The van der Waals surface area contributed by atoms with Crippen molar-refractivity contribution >= 4 is 23.4 Å². The summed E-state index contributed by atoms with van der Waals surface area (Å²) >= 11 is 1.74. The molecular formula is C21H20N2O2S. The number of anilines is 1. The second-order valence-electron chi connectivity index (χ2n) is 5.75. The van der Waals surface area contributed by atoms with Crippen LogP contribution in [0.2, 0.25) is 0 Å². The highest BCUT2D eigenvalue weighted by Gasteiger charge is 2.05. The number of carbonyl (C=O) groups is 1. The van der Waals surface area contributed by atoms with E-state index in [2.05, 4.69) is 16.4 Å². The summed E-state index contributed by atoms with van der Waals surface area (Å²) in [5.41, 5.74) is 2.90. The molecule has 0 saturated heterocycles. The molecule has 1 amide bonds. The smallest absolute Gasteiger partial charge is 0.228 e. The number of benzene rings is 2. The third kappa shape index (κ3) is 5.36. The number of hydrogen-bond acceptors (Lipinski definition) is 4. The summed E-state index contributed by atoms with van der Waals surface area (Å²) in [6.07, 6.45) is 3.96. The van der Waals surface area contributed by atoms with Crippen LogP contribution in [-0.4, -0.2) is 18.0 Å². The average Bonchev–Trinajstić information content (AvgIpc) is 2.68. The summed E-state index contributed by atoms with van der Waals surface area (Å²) in [5.74, 6) is 1.58. The highest BCUT2D eigenvalue weighted by atomic mass is 32.2. The van der Waals surface area contributed by atoms with Crippen molar-refractivity contribution in [2.45, 2.75) is 17.1 Å². The van der Waals surface area contributed by atoms with Gasteiger partial charge in [-0.25, -0.2) is 0 Å². The number of rotatable bonds is 7. The van der Waals surface area contributed by atoms with Crippen molar-refractivity contribution in [2.24, 2.45) is 0 Å². The van der Waals surface area contributed by atoms with E-state index in [9.17, 15) is 4.79 Å². The standard InChI is InChI=1S/C21H20N2O2S/c1-25-19-6-2-4-16(12-19)13-21(24)23-18-7-9-20(10-8-18)26-15-17-5-3-11-22-14-17/h2-12,14H,13,15H2,1H3,(H,23,24). The van der Waals surface area contributed by atoms with Crippen molar-refractivity contribution in [3.05, 3.63) is 84.2 Å². The predicted octanol–water partition coefficient (Wildman–Crippen LogP) is 4.56. The minimum absolute atomic E-state index is 0.0472.